The van der Waals surface area contributed by atoms with Gasteiger partial charge in [0.2, 0.25) is 0 Å². The van der Waals surface area contributed by atoms with Gasteiger partial charge in [0.05, 0.1) is 21.4 Å². The Labute approximate surface area is 192 Å². The second kappa shape index (κ2) is 10.5. The lowest BCUT2D eigenvalue weighted by Crippen LogP contribution is -2.54. The standard InChI is InChI=1S/C23H32O2S4/c1-2-6-19(15-20-7-3-9-24-20)16-23(28-11-5-12-29-23)22(18-26-13-14-27-22)17-21-8-4-10-25-21/h3-4,7-10,19H,2,5-6,11-18H2,1H3. The maximum atomic E-state index is 5.88. The van der Waals surface area contributed by atoms with Crippen LogP contribution in [0.15, 0.2) is 45.6 Å². The summed E-state index contributed by atoms with van der Waals surface area (Å²) in [4.78, 5) is 0. The summed E-state index contributed by atoms with van der Waals surface area (Å²) in [5.41, 5.74) is 0. The summed E-state index contributed by atoms with van der Waals surface area (Å²) in [7, 11) is 0. The zero-order valence-electron chi connectivity index (χ0n) is 17.3. The van der Waals surface area contributed by atoms with E-state index in [1.165, 1.54) is 54.4 Å². The van der Waals surface area contributed by atoms with Gasteiger partial charge in [-0.05, 0) is 54.5 Å². The van der Waals surface area contributed by atoms with Gasteiger partial charge in [-0.1, -0.05) is 19.8 Å². The summed E-state index contributed by atoms with van der Waals surface area (Å²) in [6.45, 7) is 2.33. The van der Waals surface area contributed by atoms with Gasteiger partial charge in [-0.15, -0.1) is 23.5 Å². The Hall–Kier alpha value is -0.0400. The third kappa shape index (κ3) is 5.24. The lowest BCUT2D eigenvalue weighted by molar-refractivity contribution is 0.356. The van der Waals surface area contributed by atoms with Crippen LogP contribution in [0.5, 0.6) is 0 Å². The van der Waals surface area contributed by atoms with E-state index in [9.17, 15) is 0 Å². The topological polar surface area (TPSA) is 26.3 Å². The molecule has 4 rings (SSSR count). The molecule has 29 heavy (non-hydrogen) atoms. The molecule has 2 saturated heterocycles. The summed E-state index contributed by atoms with van der Waals surface area (Å²) < 4.78 is 12.1. The summed E-state index contributed by atoms with van der Waals surface area (Å²) in [6.07, 6.45) is 10.9. The number of hydrogen-bond donors (Lipinski definition) is 0. The lowest BCUT2D eigenvalue weighted by Gasteiger charge is -2.53. The molecule has 0 amide bonds. The highest BCUT2D eigenvalue weighted by atomic mass is 32.2. The van der Waals surface area contributed by atoms with Crippen molar-refractivity contribution < 1.29 is 8.83 Å². The average Bonchev–Trinajstić information content (AvgIpc) is 3.44. The molecule has 0 aliphatic carbocycles. The minimum atomic E-state index is 0.235. The van der Waals surface area contributed by atoms with Crippen molar-refractivity contribution >= 4 is 47.0 Å². The molecule has 2 aromatic heterocycles. The molecule has 0 radical (unpaired) electrons. The molecule has 2 atom stereocenters. The Balaban J connectivity index is 1.63. The quantitative estimate of drug-likeness (QED) is 0.384. The van der Waals surface area contributed by atoms with E-state index in [2.05, 4.69) is 66.1 Å². The van der Waals surface area contributed by atoms with Crippen LogP contribution < -0.4 is 0 Å². The highest BCUT2D eigenvalue weighted by Crippen LogP contribution is 2.61. The van der Waals surface area contributed by atoms with Crippen molar-refractivity contribution in [3.05, 3.63) is 48.3 Å². The van der Waals surface area contributed by atoms with Gasteiger partial charge in [0.25, 0.3) is 0 Å². The Morgan fingerprint density at radius 2 is 1.72 bits per heavy atom. The third-order valence-corrected chi connectivity index (χ3v) is 13.2. The number of hydrogen-bond acceptors (Lipinski definition) is 6. The highest BCUT2D eigenvalue weighted by molar-refractivity contribution is 8.20. The highest BCUT2D eigenvalue weighted by Gasteiger charge is 2.55. The molecule has 0 N–H and O–H groups in total. The van der Waals surface area contributed by atoms with Gasteiger partial charge >= 0.3 is 0 Å². The van der Waals surface area contributed by atoms with Crippen LogP contribution in [0.25, 0.3) is 0 Å². The summed E-state index contributed by atoms with van der Waals surface area (Å²) >= 11 is 8.91. The molecule has 2 aliphatic rings. The van der Waals surface area contributed by atoms with E-state index in [0.29, 0.717) is 5.92 Å². The van der Waals surface area contributed by atoms with Gasteiger partial charge in [0, 0.05) is 30.1 Å². The molecule has 6 heteroatoms. The molecule has 2 fully saturated rings. The Morgan fingerprint density at radius 3 is 2.34 bits per heavy atom. The minimum Gasteiger partial charge on any atom is -0.469 e. The van der Waals surface area contributed by atoms with Crippen molar-refractivity contribution in [3.8, 4) is 0 Å². The second-order valence-electron chi connectivity index (χ2n) is 8.10. The van der Waals surface area contributed by atoms with Crippen LogP contribution in [0.3, 0.4) is 0 Å². The van der Waals surface area contributed by atoms with E-state index in [0.717, 1.165) is 24.4 Å². The van der Waals surface area contributed by atoms with Crippen molar-refractivity contribution in [1.29, 1.82) is 0 Å². The van der Waals surface area contributed by atoms with Crippen molar-refractivity contribution in [1.82, 2.24) is 0 Å². The van der Waals surface area contributed by atoms with Gasteiger partial charge in [-0.25, -0.2) is 0 Å². The first-order valence-electron chi connectivity index (χ1n) is 10.8. The largest absolute Gasteiger partial charge is 0.469 e. The van der Waals surface area contributed by atoms with Crippen molar-refractivity contribution in [2.24, 2.45) is 5.92 Å². The van der Waals surface area contributed by atoms with E-state index in [1.807, 2.05) is 24.7 Å². The predicted molar refractivity (Wildman–Crippen MR) is 133 cm³/mol. The molecule has 2 unspecified atom stereocenters. The molecule has 2 nitrogen and oxygen atoms in total. The Bertz CT molecular complexity index is 701. The van der Waals surface area contributed by atoms with Crippen molar-refractivity contribution in [3.63, 3.8) is 0 Å². The zero-order chi connectivity index (χ0) is 20.0. The maximum absolute atomic E-state index is 5.88. The minimum absolute atomic E-state index is 0.235. The van der Waals surface area contributed by atoms with Crippen LogP contribution in [0.1, 0.15) is 44.1 Å². The Morgan fingerprint density at radius 1 is 0.966 bits per heavy atom. The first-order chi connectivity index (χ1) is 14.3. The number of rotatable bonds is 9. The first-order valence-corrected chi connectivity index (χ1v) is 14.9. The van der Waals surface area contributed by atoms with Gasteiger partial charge in [-0.2, -0.15) is 23.5 Å². The van der Waals surface area contributed by atoms with Crippen LogP contribution in [0, 0.1) is 5.92 Å². The molecule has 4 heterocycles. The van der Waals surface area contributed by atoms with Crippen LogP contribution in [-0.4, -0.2) is 37.6 Å². The van der Waals surface area contributed by atoms with Gasteiger partial charge in [-0.3, -0.25) is 0 Å². The molecule has 0 saturated carbocycles. The molecular formula is C23H32O2S4. The molecule has 2 aromatic rings. The fourth-order valence-electron chi connectivity index (χ4n) is 4.65. The van der Waals surface area contributed by atoms with Gasteiger partial charge in [0.15, 0.2) is 0 Å². The monoisotopic (exact) mass is 468 g/mol. The third-order valence-electron chi connectivity index (χ3n) is 5.96. The second-order valence-corrected chi connectivity index (χ2v) is 13.7. The first kappa shape index (κ1) is 22.2. The van der Waals surface area contributed by atoms with Crippen LogP contribution >= 0.6 is 47.0 Å². The normalized spacial score (nSPS) is 25.7. The predicted octanol–water partition coefficient (Wildman–Crippen LogP) is 7.25. The van der Waals surface area contributed by atoms with Crippen LogP contribution in [-0.2, 0) is 12.8 Å². The molecule has 0 aromatic carbocycles. The average molecular weight is 469 g/mol. The van der Waals surface area contributed by atoms with E-state index in [1.54, 1.807) is 0 Å². The van der Waals surface area contributed by atoms with Crippen molar-refractivity contribution in [2.45, 2.75) is 54.3 Å². The van der Waals surface area contributed by atoms with Crippen LogP contribution in [0.4, 0.5) is 0 Å². The van der Waals surface area contributed by atoms with E-state index in [-0.39, 0.29) is 8.83 Å². The fraction of sp³-hybridized carbons (Fsp3) is 0.652. The molecular weight excluding hydrogens is 437 g/mol. The summed E-state index contributed by atoms with van der Waals surface area (Å²) in [5, 5.41) is 0. The number of thioether (sulfide) groups is 4. The molecule has 2 aliphatic heterocycles. The lowest BCUT2D eigenvalue weighted by atomic mass is 9.87. The smallest absolute Gasteiger partial charge is 0.105 e. The summed E-state index contributed by atoms with van der Waals surface area (Å²) in [5.74, 6) is 9.32. The van der Waals surface area contributed by atoms with E-state index < -0.39 is 0 Å². The number of furan rings is 2. The van der Waals surface area contributed by atoms with Crippen LogP contribution in [0.2, 0.25) is 0 Å². The summed E-state index contributed by atoms with van der Waals surface area (Å²) in [6, 6.07) is 8.42. The molecule has 160 valence electrons. The SMILES string of the molecule is CCCC(Cc1ccco1)CC1(C2(Cc3ccco3)CSCCS2)SCCCS1. The fourth-order valence-corrected chi connectivity index (χ4v) is 12.5. The molecule has 0 spiro atoms. The maximum Gasteiger partial charge on any atom is 0.105 e. The van der Waals surface area contributed by atoms with E-state index in [4.69, 9.17) is 8.83 Å². The Kier molecular flexibility index (Phi) is 8.04. The molecule has 0 bridgehead atoms. The van der Waals surface area contributed by atoms with Crippen molar-refractivity contribution in [2.75, 3.05) is 28.8 Å². The zero-order valence-corrected chi connectivity index (χ0v) is 20.5. The van der Waals surface area contributed by atoms with E-state index >= 15 is 0 Å². The van der Waals surface area contributed by atoms with Gasteiger partial charge < -0.3 is 8.83 Å². The van der Waals surface area contributed by atoms with Gasteiger partial charge in [0.1, 0.15) is 11.5 Å².